The third-order valence-corrected chi connectivity index (χ3v) is 44.9. The number of halogens is 1. The smallest absolute Gasteiger partial charge is 0.409 e. The highest BCUT2D eigenvalue weighted by molar-refractivity contribution is 8.76. The van der Waals surface area contributed by atoms with Crippen LogP contribution in [0.5, 0.6) is 5.75 Å². The fourth-order valence-electron chi connectivity index (χ4n) is 27.6. The average molecular weight is 2080 g/mol. The normalized spacial score (nSPS) is 29.1. The molecule has 1 aromatic rings. The van der Waals surface area contributed by atoms with E-state index >= 15 is 0 Å². The summed E-state index contributed by atoms with van der Waals surface area (Å²) in [6, 6.07) is 2.41. The molecule has 790 valence electrons. The molecule has 10 aliphatic carbocycles. The monoisotopic (exact) mass is 2080 g/mol. The van der Waals surface area contributed by atoms with E-state index in [-0.39, 0.29) is 59.9 Å². The van der Waals surface area contributed by atoms with Gasteiger partial charge >= 0.3 is 12.1 Å². The van der Waals surface area contributed by atoms with Crippen LogP contribution in [0.1, 0.15) is 369 Å². The molecule has 7 amide bonds. The van der Waals surface area contributed by atoms with E-state index in [2.05, 4.69) is 31.4 Å². The highest BCUT2D eigenvalue weighted by Gasteiger charge is 2.65. The number of nitrogens with zero attached hydrogens (tertiary/aromatic N) is 5. The van der Waals surface area contributed by atoms with Crippen molar-refractivity contribution in [3.63, 3.8) is 0 Å². The summed E-state index contributed by atoms with van der Waals surface area (Å²) in [6.45, 7) is 13.9. The molecule has 140 heavy (non-hydrogen) atoms. The fraction of sp³-hybridized carbons (Fsp3) is 0.835. The number of benzene rings is 1. The maximum Gasteiger partial charge on any atom is 0.409 e. The molecular weight excluding hydrogens is 1910 g/mol. The zero-order valence-corrected chi connectivity index (χ0v) is 92.8. The second kappa shape index (κ2) is 49.6. The maximum atomic E-state index is 14.2. The van der Waals surface area contributed by atoms with Crippen molar-refractivity contribution in [2.75, 3.05) is 106 Å². The summed E-state index contributed by atoms with van der Waals surface area (Å²) in [7, 11) is 4.98. The van der Waals surface area contributed by atoms with Crippen molar-refractivity contribution in [1.29, 1.82) is 0 Å². The van der Waals surface area contributed by atoms with E-state index in [0.717, 1.165) is 94.4 Å². The van der Waals surface area contributed by atoms with Gasteiger partial charge in [0.1, 0.15) is 40.7 Å². The number of hydrogen-bond acceptors (Lipinski definition) is 21. The standard InChI is InChI=1S/C51H84.C40H57ClN4O14S3.C18H33N3O3S3/c1-3-7-43(8-4-1)11-15-45(16-12-43)19-23-47(24-20-45)27-31-49(32-28-47)35-39-51(40-36-49)41-37-50(38-42-51)33-29-48(30-34-50)25-21-46(22-26-48)17-13-44(14-18-46)9-5-2-6-10-44;1-22-11-10-12-30(56-9)40(51)21-28(57-38(50)43-40)23(2)35-39(4,59-35)31(20-33(47)45(7)26-18-25(17-22)19-27(55-8)34(26)41)58-37(49)24(3)44(6)32(46)14-16-61-60-15-13-29(36(48)42-5)62(52,53)54;1-4-25-10-7-16(22)19-13-20(17(23)8-11-26-5-2)15-21(14-19)18(24)9-12-27-6-3/h1-42H2;10-12,18-19,23-24,28-31,35,51H,13-17,20-21H2,1-9H3,(H,42,48)(H,43,50)(H,52,53,54);4-15H2,1-3H3/b;12-10+,22-11+;/t;23-,24+,28+,29?,30-,31+,35+,39+,40+;/m.1./s1. The van der Waals surface area contributed by atoms with Gasteiger partial charge in [-0.15, -0.1) is 0 Å². The maximum absolute atomic E-state index is 14.2. The number of aliphatic hydroxyl groups is 1. The third kappa shape index (κ3) is 28.3. The Morgan fingerprint density at radius 3 is 1.34 bits per heavy atom. The highest BCUT2D eigenvalue weighted by atomic mass is 35.5. The third-order valence-electron chi connectivity index (χ3n) is 38.2. The minimum Gasteiger partial charge on any atom is -0.495 e. The quantitative estimate of drug-likeness (QED) is 0.0220. The van der Waals surface area contributed by atoms with Gasteiger partial charge in [-0.25, -0.2) is 9.59 Å². The minimum absolute atomic E-state index is 0.00425. The molecule has 15 rings (SSSR count). The Balaban J connectivity index is 0.000000190. The number of anilines is 1. The van der Waals surface area contributed by atoms with Crippen molar-refractivity contribution < 1.29 is 80.1 Å². The predicted octanol–water partition coefficient (Wildman–Crippen LogP) is 22.9. The second-order valence-electron chi connectivity index (χ2n) is 46.4. The lowest BCUT2D eigenvalue weighted by Gasteiger charge is -2.59. The van der Waals surface area contributed by atoms with E-state index in [1.54, 1.807) is 345 Å². The molecule has 4 bridgehead atoms. The molecule has 1 unspecified atom stereocenters. The summed E-state index contributed by atoms with van der Waals surface area (Å²) in [6.07, 6.45) is 68.8. The summed E-state index contributed by atoms with van der Waals surface area (Å²) in [5, 5.41) is 15.0. The van der Waals surface area contributed by atoms with Gasteiger partial charge in [0, 0.05) is 95.0 Å². The van der Waals surface area contributed by atoms with Gasteiger partial charge in [0.25, 0.3) is 10.1 Å². The van der Waals surface area contributed by atoms with Crippen molar-refractivity contribution in [3.8, 4) is 5.75 Å². The predicted molar refractivity (Wildman–Crippen MR) is 568 cm³/mol. The topological polar surface area (TPSA) is 301 Å². The van der Waals surface area contributed by atoms with Crippen LogP contribution in [-0.2, 0) is 69.0 Å². The van der Waals surface area contributed by atoms with Crippen LogP contribution in [0, 0.1) is 54.7 Å². The molecule has 4 N–H and O–H groups in total. The molecule has 13 fully saturated rings. The number of amides is 7. The number of carbonyl (C=O) groups excluding carboxylic acids is 8. The van der Waals surface area contributed by atoms with Crippen LogP contribution >= 0.6 is 68.5 Å². The zero-order valence-electron chi connectivity index (χ0n) is 87.1. The SMILES string of the molecule is C1CCC2(CC1)CCC1(CC2)CCC2(CC1)CCC1(CC2)CCC2(CC1)CCC1(CCC3(CCC4(CCC5(CCCCC5)CC4)CC3)CC1)CC2.CCSCCC(=O)N1CN(C(=O)CCSCC)CN(C(=O)CCSCC)C1.CNC(=O)C(CCSSCCC(=O)N(C)[C@@H](C)C(=O)O[C@H]1CC(=O)N(C)c2cc(cc(OC)c2Cl)C/C(C)=C/C=C/[C@@H](OC)[C@@]2(O)C[C@H](OC(=O)N2)[C@@H](C)[C@@H]2O[C@@]12C)S(=O)(=O)O. The fourth-order valence-corrected chi connectivity index (χ4v) is 32.7. The summed E-state index contributed by atoms with van der Waals surface area (Å²) in [4.78, 5) is 111. The molecule has 1 aromatic carbocycles. The molecule has 9 atom stereocenters. The first kappa shape index (κ1) is 113. The Bertz CT molecular complexity index is 4310. The Morgan fingerprint density at radius 2 is 0.979 bits per heavy atom. The van der Waals surface area contributed by atoms with Crippen molar-refractivity contribution >= 4 is 132 Å². The van der Waals surface area contributed by atoms with Gasteiger partial charge in [0.15, 0.2) is 11.0 Å². The molecule has 4 aliphatic heterocycles. The van der Waals surface area contributed by atoms with Crippen LogP contribution in [0.25, 0.3) is 0 Å². The van der Waals surface area contributed by atoms with E-state index in [1.165, 1.54) is 86.5 Å². The van der Waals surface area contributed by atoms with Crippen LogP contribution in [-0.4, -0.2) is 234 Å². The zero-order chi connectivity index (χ0) is 101. The van der Waals surface area contributed by atoms with Gasteiger partial charge in [-0.1, -0.05) is 123 Å². The number of hydrogen-bond donors (Lipinski definition) is 4. The van der Waals surface area contributed by atoms with Crippen molar-refractivity contribution in [2.24, 2.45) is 54.7 Å². The number of allylic oxidation sites excluding steroid dienone is 3. The number of likely N-dealkylation sites (N-methyl/N-ethyl adjacent to an activating group) is 1. The van der Waals surface area contributed by atoms with Gasteiger partial charge in [-0.05, 0) is 348 Å². The number of ether oxygens (including phenoxy) is 5. The Morgan fingerprint density at radius 1 is 0.593 bits per heavy atom. The van der Waals surface area contributed by atoms with E-state index in [4.69, 9.17) is 35.3 Å². The lowest BCUT2D eigenvalue weighted by atomic mass is 9.46. The summed E-state index contributed by atoms with van der Waals surface area (Å²) in [5.41, 5.74) is 5.85. The first-order chi connectivity index (χ1) is 66.8. The number of fused-ring (bicyclic) bond motifs is 5. The Labute approximate surface area is 865 Å². The van der Waals surface area contributed by atoms with Gasteiger partial charge in [0.2, 0.25) is 35.4 Å². The first-order valence-electron chi connectivity index (χ1n) is 54.1. The molecule has 10 saturated carbocycles. The van der Waals surface area contributed by atoms with Gasteiger partial charge < -0.3 is 58.6 Å². The molecule has 0 radical (unpaired) electrons. The lowest BCUT2D eigenvalue weighted by molar-refractivity contribution is -0.162. The molecule has 31 heteroatoms. The van der Waals surface area contributed by atoms with Crippen LogP contribution in [0.15, 0.2) is 35.9 Å². The Hall–Kier alpha value is -4.11. The second-order valence-corrected chi connectivity index (χ2v) is 55.3. The number of carbonyl (C=O) groups is 8. The first-order valence-corrected chi connectivity index (χ1v) is 61.9. The van der Waals surface area contributed by atoms with Crippen LogP contribution in [0.3, 0.4) is 0 Å². The number of thioether (sulfide) groups is 3. The van der Waals surface area contributed by atoms with E-state index in [9.17, 15) is 56.4 Å². The molecule has 14 aliphatic rings. The van der Waals surface area contributed by atoms with E-state index in [0.29, 0.717) is 57.1 Å². The molecular formula is C109H174ClN7O17S6. The average Bonchev–Trinajstić information content (AvgIpc) is 1.54. The number of alkyl carbamates (subject to hydrolysis) is 1. The van der Waals surface area contributed by atoms with Crippen LogP contribution in [0.4, 0.5) is 10.5 Å². The largest absolute Gasteiger partial charge is 0.495 e. The summed E-state index contributed by atoms with van der Waals surface area (Å²) < 4.78 is 61.7. The minimum atomic E-state index is -4.60. The summed E-state index contributed by atoms with van der Waals surface area (Å²) in [5.74, 6) is 2.96. The van der Waals surface area contributed by atoms with Gasteiger partial charge in [0.05, 0.1) is 45.3 Å². The van der Waals surface area contributed by atoms with Crippen LogP contribution in [0.2, 0.25) is 5.02 Å². The molecule has 3 saturated heterocycles. The van der Waals surface area contributed by atoms with Crippen LogP contribution < -0.4 is 20.3 Å². The van der Waals surface area contributed by atoms with Gasteiger partial charge in [-0.2, -0.15) is 43.7 Å². The summed E-state index contributed by atoms with van der Waals surface area (Å²) >= 11 is 12.0. The van der Waals surface area contributed by atoms with Crippen molar-refractivity contribution in [1.82, 2.24) is 30.2 Å². The number of esters is 1. The van der Waals surface area contributed by atoms with E-state index in [1.807, 2.05) is 13.0 Å². The number of methoxy groups -OCH3 is 2. The number of rotatable bonds is 26. The molecule has 9 spiro atoms. The molecule has 4 heterocycles. The number of nitrogens with one attached hydrogen (secondary N) is 2. The molecule has 24 nitrogen and oxygen atoms in total. The van der Waals surface area contributed by atoms with Crippen molar-refractivity contribution in [3.05, 3.63) is 46.5 Å². The lowest BCUT2D eigenvalue weighted by Crippen LogP contribution is -2.63. The molecule has 0 aromatic heterocycles. The van der Waals surface area contributed by atoms with Gasteiger partial charge in [-0.3, -0.25) is 38.6 Å². The van der Waals surface area contributed by atoms with E-state index < -0.39 is 92.9 Å². The Kier molecular flexibility index (Phi) is 40.0. The van der Waals surface area contributed by atoms with Crippen molar-refractivity contribution in [2.45, 2.75) is 417 Å². The number of epoxide rings is 1. The highest BCUT2D eigenvalue weighted by Crippen LogP contribution is 2.69.